The molecule has 1 saturated heterocycles. The van der Waals surface area contributed by atoms with Crippen LogP contribution in [0.1, 0.15) is 29.6 Å². The first-order valence-corrected chi connectivity index (χ1v) is 7.98. The minimum atomic E-state index is -3.80. The minimum absolute atomic E-state index is 0.00748. The Kier molecular flexibility index (Phi) is 2.98. The number of hydrogen-bond acceptors (Lipinski definition) is 4. The van der Waals surface area contributed by atoms with Gasteiger partial charge in [0.05, 0.1) is 10.5 Å². The average molecular weight is 296 g/mol. The molecule has 1 aliphatic heterocycles. The molecule has 1 aromatic carbocycles. The number of anilines is 1. The smallest absolute Gasteiger partial charge is 0.337 e. The number of carboxylic acids is 1. The molecule has 2 aliphatic rings. The van der Waals surface area contributed by atoms with Crippen LogP contribution in [0.3, 0.4) is 0 Å². The fourth-order valence-corrected chi connectivity index (χ4v) is 5.19. The van der Waals surface area contributed by atoms with Gasteiger partial charge >= 0.3 is 5.97 Å². The molecule has 20 heavy (non-hydrogen) atoms. The number of nitrogens with zero attached hydrogens (tertiary/aromatic N) is 1. The van der Waals surface area contributed by atoms with Crippen molar-refractivity contribution in [1.82, 2.24) is 4.31 Å². The summed E-state index contributed by atoms with van der Waals surface area (Å²) in [5.41, 5.74) is 5.65. The lowest BCUT2D eigenvalue weighted by molar-refractivity contribution is 0.0692. The van der Waals surface area contributed by atoms with Crippen LogP contribution in [-0.4, -0.2) is 36.4 Å². The van der Waals surface area contributed by atoms with Crippen molar-refractivity contribution in [2.45, 2.75) is 30.2 Å². The van der Waals surface area contributed by atoms with Crippen molar-refractivity contribution in [3.8, 4) is 0 Å². The Morgan fingerprint density at radius 2 is 2.10 bits per heavy atom. The molecule has 1 aliphatic carbocycles. The fraction of sp³-hybridized carbons (Fsp3) is 0.462. The normalized spacial score (nSPS) is 26.0. The molecule has 2 fully saturated rings. The highest BCUT2D eigenvalue weighted by molar-refractivity contribution is 7.89. The van der Waals surface area contributed by atoms with E-state index in [1.165, 1.54) is 22.5 Å². The number of aromatic carboxylic acids is 1. The standard InChI is InChI=1S/C13H16N2O4S/c14-9-2-4-11(13(16)17)12(6-9)20(18,19)15-7-8-1-3-10(15)5-8/h2,4,6,8,10H,1,3,5,7,14H2,(H,16,17). The van der Waals surface area contributed by atoms with Crippen LogP contribution >= 0.6 is 0 Å². The summed E-state index contributed by atoms with van der Waals surface area (Å²) >= 11 is 0. The second kappa shape index (κ2) is 4.46. The second-order valence-electron chi connectivity index (χ2n) is 5.47. The van der Waals surface area contributed by atoms with E-state index < -0.39 is 16.0 Å². The van der Waals surface area contributed by atoms with Crippen molar-refractivity contribution in [1.29, 1.82) is 0 Å². The molecule has 1 aromatic rings. The summed E-state index contributed by atoms with van der Waals surface area (Å²) < 4.78 is 26.9. The first kappa shape index (κ1) is 13.4. The van der Waals surface area contributed by atoms with Crippen molar-refractivity contribution >= 4 is 21.7 Å². The molecule has 0 aromatic heterocycles. The topological polar surface area (TPSA) is 101 Å². The third-order valence-corrected chi connectivity index (χ3v) is 6.14. The van der Waals surface area contributed by atoms with Gasteiger partial charge in [0.25, 0.3) is 0 Å². The quantitative estimate of drug-likeness (QED) is 0.815. The second-order valence-corrected chi connectivity index (χ2v) is 7.33. The van der Waals surface area contributed by atoms with Crippen LogP contribution in [0.25, 0.3) is 0 Å². The number of rotatable bonds is 3. The van der Waals surface area contributed by atoms with Gasteiger partial charge in [-0.3, -0.25) is 0 Å². The van der Waals surface area contributed by atoms with Crippen LogP contribution < -0.4 is 5.73 Å². The molecule has 2 atom stereocenters. The van der Waals surface area contributed by atoms with E-state index in [4.69, 9.17) is 5.73 Å². The Bertz CT molecular complexity index is 671. The molecule has 0 spiro atoms. The molecule has 3 N–H and O–H groups in total. The molecule has 7 heteroatoms. The number of benzene rings is 1. The summed E-state index contributed by atoms with van der Waals surface area (Å²) in [7, 11) is -3.80. The Morgan fingerprint density at radius 3 is 2.65 bits per heavy atom. The lowest BCUT2D eigenvalue weighted by Crippen LogP contribution is -2.38. The lowest BCUT2D eigenvalue weighted by Gasteiger charge is -2.26. The van der Waals surface area contributed by atoms with Gasteiger partial charge in [0.2, 0.25) is 10.0 Å². The van der Waals surface area contributed by atoms with Gasteiger partial charge in [-0.1, -0.05) is 0 Å². The summed E-state index contributed by atoms with van der Waals surface area (Å²) in [5, 5.41) is 9.17. The summed E-state index contributed by atoms with van der Waals surface area (Å²) in [6.45, 7) is 0.487. The highest BCUT2D eigenvalue weighted by Gasteiger charge is 2.45. The Hall–Kier alpha value is -1.60. The van der Waals surface area contributed by atoms with Crippen molar-refractivity contribution < 1.29 is 18.3 Å². The zero-order valence-corrected chi connectivity index (χ0v) is 11.6. The SMILES string of the molecule is Nc1ccc(C(=O)O)c(S(=O)(=O)N2CC3CCC2C3)c1. The van der Waals surface area contributed by atoms with E-state index in [0.717, 1.165) is 19.3 Å². The van der Waals surface area contributed by atoms with Crippen LogP contribution in [0.15, 0.2) is 23.1 Å². The number of carbonyl (C=O) groups is 1. The number of nitrogen functional groups attached to an aromatic ring is 1. The molecule has 108 valence electrons. The Labute approximate surface area is 117 Å². The van der Waals surface area contributed by atoms with E-state index in [1.807, 2.05) is 0 Å². The maximum Gasteiger partial charge on any atom is 0.337 e. The van der Waals surface area contributed by atoms with Crippen LogP contribution in [-0.2, 0) is 10.0 Å². The van der Waals surface area contributed by atoms with Crippen molar-refractivity contribution in [3.63, 3.8) is 0 Å². The van der Waals surface area contributed by atoms with E-state index in [-0.39, 0.29) is 22.2 Å². The molecular formula is C13H16N2O4S. The van der Waals surface area contributed by atoms with Gasteiger partial charge in [0.1, 0.15) is 0 Å². The third kappa shape index (κ3) is 1.97. The molecule has 3 rings (SSSR count). The first-order valence-electron chi connectivity index (χ1n) is 6.54. The van der Waals surface area contributed by atoms with Gasteiger partial charge in [0, 0.05) is 18.3 Å². The minimum Gasteiger partial charge on any atom is -0.478 e. The van der Waals surface area contributed by atoms with E-state index >= 15 is 0 Å². The predicted octanol–water partition coefficient (Wildman–Crippen LogP) is 1.14. The predicted molar refractivity (Wildman–Crippen MR) is 72.8 cm³/mol. The van der Waals surface area contributed by atoms with Crippen molar-refractivity contribution in [3.05, 3.63) is 23.8 Å². The summed E-state index contributed by atoms with van der Waals surface area (Å²) in [6.07, 6.45) is 2.79. The first-order chi connectivity index (χ1) is 9.39. The van der Waals surface area contributed by atoms with Crippen LogP contribution in [0.5, 0.6) is 0 Å². The summed E-state index contributed by atoms with van der Waals surface area (Å²) in [5.74, 6) is -0.850. The van der Waals surface area contributed by atoms with Gasteiger partial charge in [-0.2, -0.15) is 4.31 Å². The maximum absolute atomic E-state index is 12.7. The highest BCUT2D eigenvalue weighted by Crippen LogP contribution is 2.41. The van der Waals surface area contributed by atoms with E-state index in [9.17, 15) is 18.3 Å². The van der Waals surface area contributed by atoms with E-state index in [0.29, 0.717) is 12.5 Å². The van der Waals surface area contributed by atoms with E-state index in [1.54, 1.807) is 0 Å². The zero-order valence-electron chi connectivity index (χ0n) is 10.8. The molecule has 2 unspecified atom stereocenters. The fourth-order valence-electron chi connectivity index (χ4n) is 3.23. The maximum atomic E-state index is 12.7. The number of nitrogens with two attached hydrogens (primary N) is 1. The molecule has 1 saturated carbocycles. The van der Waals surface area contributed by atoms with Gasteiger partial charge in [-0.05, 0) is 43.4 Å². The largest absolute Gasteiger partial charge is 0.478 e. The lowest BCUT2D eigenvalue weighted by atomic mass is 10.1. The van der Waals surface area contributed by atoms with Gasteiger partial charge < -0.3 is 10.8 Å². The van der Waals surface area contributed by atoms with Crippen LogP contribution in [0.2, 0.25) is 0 Å². The van der Waals surface area contributed by atoms with Crippen LogP contribution in [0.4, 0.5) is 5.69 Å². The number of hydrogen-bond donors (Lipinski definition) is 2. The number of piperidine rings is 1. The molecule has 2 bridgehead atoms. The molecular weight excluding hydrogens is 280 g/mol. The Morgan fingerprint density at radius 1 is 1.35 bits per heavy atom. The third-order valence-electron chi connectivity index (χ3n) is 4.18. The molecule has 6 nitrogen and oxygen atoms in total. The van der Waals surface area contributed by atoms with Crippen molar-refractivity contribution in [2.75, 3.05) is 12.3 Å². The van der Waals surface area contributed by atoms with Crippen LogP contribution in [0, 0.1) is 5.92 Å². The molecule has 0 amide bonds. The van der Waals surface area contributed by atoms with Gasteiger partial charge in [-0.25, -0.2) is 13.2 Å². The monoisotopic (exact) mass is 296 g/mol. The number of fused-ring (bicyclic) bond motifs is 2. The van der Waals surface area contributed by atoms with Gasteiger partial charge in [0.15, 0.2) is 0 Å². The Balaban J connectivity index is 2.07. The van der Waals surface area contributed by atoms with E-state index in [2.05, 4.69) is 0 Å². The molecule has 1 heterocycles. The number of carboxylic acid groups (broad SMARTS) is 1. The zero-order chi connectivity index (χ0) is 14.5. The highest BCUT2D eigenvalue weighted by atomic mass is 32.2. The molecule has 0 radical (unpaired) electrons. The summed E-state index contributed by atoms with van der Waals surface area (Å²) in [6, 6.07) is 3.90. The van der Waals surface area contributed by atoms with Gasteiger partial charge in [-0.15, -0.1) is 0 Å². The summed E-state index contributed by atoms with van der Waals surface area (Å²) in [4.78, 5) is 11.0. The number of sulfonamides is 1. The average Bonchev–Trinajstić information content (AvgIpc) is 3.00. The van der Waals surface area contributed by atoms with Crippen molar-refractivity contribution in [2.24, 2.45) is 5.92 Å².